The van der Waals surface area contributed by atoms with Crippen LogP contribution < -0.4 is 9.47 Å². The second-order valence-electron chi connectivity index (χ2n) is 12.1. The van der Waals surface area contributed by atoms with Crippen molar-refractivity contribution < 1.29 is 46.4 Å². The highest BCUT2D eigenvalue weighted by atomic mass is 19.4. The number of fused-ring (bicyclic) bond motifs is 2. The van der Waals surface area contributed by atoms with Crippen LogP contribution in [0.15, 0.2) is 54.9 Å². The first-order valence-corrected chi connectivity index (χ1v) is 14.3. The second kappa shape index (κ2) is 11.2. The van der Waals surface area contributed by atoms with E-state index in [0.717, 1.165) is 23.8 Å². The zero-order valence-corrected chi connectivity index (χ0v) is 24.3. The molecule has 4 aromatic rings. The Bertz CT molecular complexity index is 1770. The van der Waals surface area contributed by atoms with E-state index < -0.39 is 46.6 Å². The van der Waals surface area contributed by atoms with Crippen LogP contribution in [0.1, 0.15) is 61.0 Å². The van der Waals surface area contributed by atoms with Gasteiger partial charge in [0.2, 0.25) is 0 Å². The van der Waals surface area contributed by atoms with E-state index in [0.29, 0.717) is 29.0 Å². The number of nitrogens with zero attached hydrogens (tertiary/aromatic N) is 2. The lowest BCUT2D eigenvalue weighted by Gasteiger charge is -2.20. The molecule has 0 bridgehead atoms. The van der Waals surface area contributed by atoms with Crippen LogP contribution in [-0.2, 0) is 23.9 Å². The van der Waals surface area contributed by atoms with Crippen LogP contribution in [0.3, 0.4) is 0 Å². The number of ether oxygens (including phenoxy) is 2. The third-order valence-corrected chi connectivity index (χ3v) is 8.02. The van der Waals surface area contributed by atoms with Gasteiger partial charge in [0.1, 0.15) is 29.2 Å². The molecule has 0 radical (unpaired) electrons. The lowest BCUT2D eigenvalue weighted by atomic mass is 9.90. The number of hydrogen-bond donors (Lipinski definition) is 2. The molecule has 2 aliphatic rings. The minimum atomic E-state index is -4.79. The van der Waals surface area contributed by atoms with Gasteiger partial charge in [0.25, 0.3) is 0 Å². The quantitative estimate of drug-likeness (QED) is 0.199. The summed E-state index contributed by atoms with van der Waals surface area (Å²) in [5, 5.41) is 23.2. The molecule has 0 amide bonds. The maximum absolute atomic E-state index is 15.5. The maximum Gasteiger partial charge on any atom is 0.417 e. The molecule has 1 aliphatic carbocycles. The van der Waals surface area contributed by atoms with Gasteiger partial charge in [-0.15, -0.1) is 0 Å². The van der Waals surface area contributed by atoms with E-state index in [2.05, 4.69) is 5.10 Å². The first-order chi connectivity index (χ1) is 21.2. The van der Waals surface area contributed by atoms with Gasteiger partial charge < -0.3 is 19.7 Å². The fourth-order valence-corrected chi connectivity index (χ4v) is 6.20. The Balaban J connectivity index is 1.34. The molecule has 236 valence electrons. The third-order valence-electron chi connectivity index (χ3n) is 8.02. The Hall–Kier alpha value is -4.45. The summed E-state index contributed by atoms with van der Waals surface area (Å²) in [6, 6.07) is 9.06. The van der Waals surface area contributed by atoms with Gasteiger partial charge in [-0.2, -0.15) is 18.3 Å². The van der Waals surface area contributed by atoms with Crippen LogP contribution in [0.25, 0.3) is 22.3 Å². The fourth-order valence-electron chi connectivity index (χ4n) is 6.20. The SMILES string of the molecule is CC(C)(O)Cn1cc(-c2c(F)cc(-c3c(C(F)(F)F)ccc4c3CC[C@H]4Oc3ccc4c(c3)OC[C@H]4CC(=O)O)cc2F)cn1. The van der Waals surface area contributed by atoms with Gasteiger partial charge in [0.15, 0.2) is 0 Å². The summed E-state index contributed by atoms with van der Waals surface area (Å²) in [5.41, 5.74) is -1.55. The zero-order chi connectivity index (χ0) is 32.3. The average molecular weight is 629 g/mol. The van der Waals surface area contributed by atoms with Gasteiger partial charge in [-0.3, -0.25) is 9.48 Å². The van der Waals surface area contributed by atoms with E-state index in [1.165, 1.54) is 23.1 Å². The summed E-state index contributed by atoms with van der Waals surface area (Å²) in [5.74, 6) is -2.45. The van der Waals surface area contributed by atoms with Crippen LogP contribution in [-0.4, -0.2) is 38.2 Å². The number of carboxylic acid groups (broad SMARTS) is 1. The number of benzene rings is 3. The smallest absolute Gasteiger partial charge is 0.417 e. The van der Waals surface area contributed by atoms with Crippen molar-refractivity contribution in [1.82, 2.24) is 9.78 Å². The number of carboxylic acids is 1. The monoisotopic (exact) mass is 628 g/mol. The first-order valence-electron chi connectivity index (χ1n) is 14.3. The number of aromatic nitrogens is 2. The van der Waals surface area contributed by atoms with Gasteiger partial charge in [0, 0.05) is 29.3 Å². The molecule has 7 nitrogen and oxygen atoms in total. The van der Waals surface area contributed by atoms with Crippen LogP contribution in [0, 0.1) is 11.6 Å². The molecule has 0 fully saturated rings. The van der Waals surface area contributed by atoms with Crippen molar-refractivity contribution in [1.29, 1.82) is 0 Å². The summed E-state index contributed by atoms with van der Waals surface area (Å²) in [4.78, 5) is 11.2. The molecular formula is C33H29F5N2O5. The Morgan fingerprint density at radius 3 is 2.42 bits per heavy atom. The summed E-state index contributed by atoms with van der Waals surface area (Å²) in [6.07, 6.45) is -2.42. The minimum absolute atomic E-state index is 0.0619. The van der Waals surface area contributed by atoms with Crippen LogP contribution >= 0.6 is 0 Å². The number of halogens is 5. The molecule has 45 heavy (non-hydrogen) atoms. The highest BCUT2D eigenvalue weighted by molar-refractivity contribution is 5.77. The number of carbonyl (C=O) groups is 1. The fraction of sp³-hybridized carbons (Fsp3) is 0.333. The summed E-state index contributed by atoms with van der Waals surface area (Å²) in [7, 11) is 0. The molecule has 0 saturated carbocycles. The lowest BCUT2D eigenvalue weighted by Crippen LogP contribution is -2.26. The summed E-state index contributed by atoms with van der Waals surface area (Å²) in [6.45, 7) is 3.38. The first kappa shape index (κ1) is 30.6. The second-order valence-corrected chi connectivity index (χ2v) is 12.1. The molecule has 0 saturated heterocycles. The number of hydrogen-bond acceptors (Lipinski definition) is 5. The Labute approximate surface area is 254 Å². The highest BCUT2D eigenvalue weighted by Crippen LogP contribution is 2.48. The van der Waals surface area contributed by atoms with Gasteiger partial charge in [-0.1, -0.05) is 12.1 Å². The van der Waals surface area contributed by atoms with Gasteiger partial charge in [0.05, 0.1) is 42.5 Å². The normalized spacial score (nSPS) is 17.6. The van der Waals surface area contributed by atoms with E-state index >= 15 is 8.78 Å². The van der Waals surface area contributed by atoms with Crippen molar-refractivity contribution in [2.75, 3.05) is 6.61 Å². The molecule has 3 aromatic carbocycles. The number of aliphatic hydroxyl groups is 1. The van der Waals surface area contributed by atoms with Gasteiger partial charge in [-0.25, -0.2) is 8.78 Å². The number of aliphatic carboxylic acids is 1. The van der Waals surface area contributed by atoms with Crippen molar-refractivity contribution >= 4 is 5.97 Å². The number of alkyl halides is 3. The maximum atomic E-state index is 15.5. The van der Waals surface area contributed by atoms with Crippen LogP contribution in [0.4, 0.5) is 22.0 Å². The predicted octanol–water partition coefficient (Wildman–Crippen LogP) is 7.30. The summed E-state index contributed by atoms with van der Waals surface area (Å²) >= 11 is 0. The minimum Gasteiger partial charge on any atom is -0.492 e. The molecule has 2 heterocycles. The van der Waals surface area contributed by atoms with E-state index in [1.807, 2.05) is 0 Å². The van der Waals surface area contributed by atoms with Crippen molar-refractivity contribution in [3.8, 4) is 33.8 Å². The molecule has 2 N–H and O–H groups in total. The van der Waals surface area contributed by atoms with E-state index in [9.17, 15) is 23.1 Å². The Kier molecular flexibility index (Phi) is 7.59. The Morgan fingerprint density at radius 2 is 1.76 bits per heavy atom. The molecule has 0 unspecified atom stereocenters. The van der Waals surface area contributed by atoms with Crippen molar-refractivity contribution in [3.63, 3.8) is 0 Å². The zero-order valence-electron chi connectivity index (χ0n) is 24.3. The van der Waals surface area contributed by atoms with Crippen LogP contribution in [0.2, 0.25) is 0 Å². The van der Waals surface area contributed by atoms with Gasteiger partial charge >= 0.3 is 12.1 Å². The van der Waals surface area contributed by atoms with Crippen molar-refractivity contribution in [3.05, 3.63) is 88.7 Å². The molecule has 0 spiro atoms. The van der Waals surface area contributed by atoms with E-state index in [4.69, 9.17) is 14.6 Å². The van der Waals surface area contributed by atoms with Crippen LogP contribution in [0.5, 0.6) is 11.5 Å². The average Bonchev–Trinajstić information content (AvgIpc) is 3.65. The highest BCUT2D eigenvalue weighted by Gasteiger charge is 2.39. The number of rotatable bonds is 8. The topological polar surface area (TPSA) is 93.8 Å². The Morgan fingerprint density at radius 1 is 1.04 bits per heavy atom. The van der Waals surface area contributed by atoms with Gasteiger partial charge in [-0.05, 0) is 73.2 Å². The molecule has 2 atom stereocenters. The molecule has 12 heteroatoms. The van der Waals surface area contributed by atoms with E-state index in [-0.39, 0.29) is 48.6 Å². The molecule has 1 aromatic heterocycles. The van der Waals surface area contributed by atoms with Crippen molar-refractivity contribution in [2.45, 2.75) is 63.5 Å². The molecular weight excluding hydrogens is 599 g/mol. The lowest BCUT2D eigenvalue weighted by molar-refractivity contribution is -0.138. The molecule has 6 rings (SSSR count). The summed E-state index contributed by atoms with van der Waals surface area (Å²) < 4.78 is 87.0. The standard InChI is InChI=1S/C33H29F5N2O5/c1-32(2,43)16-40-14-19(13-39-40)31-25(34)9-17(10-26(31)35)30-23-6-8-27(22(23)5-7-24(30)33(36,37)38)45-20-3-4-21-18(11-29(41)42)15-44-28(21)12-20/h3-5,7,9-10,12-14,18,27,43H,6,8,11,15-16H2,1-2H3,(H,41,42)/t18-,27-/m1/s1. The van der Waals surface area contributed by atoms with Crippen molar-refractivity contribution in [2.24, 2.45) is 0 Å². The van der Waals surface area contributed by atoms with E-state index in [1.54, 1.807) is 32.0 Å². The largest absolute Gasteiger partial charge is 0.492 e. The third kappa shape index (κ3) is 6.11. The predicted molar refractivity (Wildman–Crippen MR) is 153 cm³/mol. The molecule has 1 aliphatic heterocycles.